The van der Waals surface area contributed by atoms with Crippen LogP contribution in [0.3, 0.4) is 0 Å². The SMILES string of the molecule is NC(=O)N[C@H](CC(=O)OCC(=O)Nc1ccccc1)c1ccccc1Cl. The number of nitrogens with two attached hydrogens (primary N) is 1. The van der Waals surface area contributed by atoms with Crippen LogP contribution in [0.15, 0.2) is 54.6 Å². The van der Waals surface area contributed by atoms with Crippen molar-refractivity contribution >= 4 is 35.2 Å². The predicted molar refractivity (Wildman–Crippen MR) is 97.6 cm³/mol. The molecule has 4 N–H and O–H groups in total. The maximum Gasteiger partial charge on any atom is 0.312 e. The number of esters is 1. The molecule has 2 rings (SSSR count). The van der Waals surface area contributed by atoms with Gasteiger partial charge in [-0.2, -0.15) is 0 Å². The monoisotopic (exact) mass is 375 g/mol. The maximum atomic E-state index is 12.0. The fraction of sp³-hybridized carbons (Fsp3) is 0.167. The number of benzene rings is 2. The lowest BCUT2D eigenvalue weighted by molar-refractivity contribution is -0.147. The lowest BCUT2D eigenvalue weighted by Crippen LogP contribution is -2.35. The standard InChI is InChI=1S/C18H18ClN3O4/c19-14-9-5-4-8-13(14)15(22-18(20)25)10-17(24)26-11-16(23)21-12-6-2-1-3-7-12/h1-9,15H,10-11H2,(H,21,23)(H3,20,22,25)/t15-/m1/s1. The summed E-state index contributed by atoms with van der Waals surface area (Å²) in [4.78, 5) is 35.0. The third kappa shape index (κ3) is 6.10. The summed E-state index contributed by atoms with van der Waals surface area (Å²) in [6.45, 7) is -0.445. The van der Waals surface area contributed by atoms with Crippen LogP contribution < -0.4 is 16.4 Å². The van der Waals surface area contributed by atoms with E-state index in [0.29, 0.717) is 16.3 Å². The van der Waals surface area contributed by atoms with E-state index in [-0.39, 0.29) is 6.42 Å². The van der Waals surface area contributed by atoms with Gasteiger partial charge in [-0.1, -0.05) is 48.0 Å². The molecule has 0 fully saturated rings. The first-order valence-electron chi connectivity index (χ1n) is 7.76. The normalized spacial score (nSPS) is 11.3. The number of carbonyl (C=O) groups is 3. The van der Waals surface area contributed by atoms with Crippen LogP contribution in [0.25, 0.3) is 0 Å². The van der Waals surface area contributed by atoms with Crippen molar-refractivity contribution in [3.63, 3.8) is 0 Å². The molecule has 2 aromatic carbocycles. The molecule has 3 amide bonds. The molecule has 0 heterocycles. The summed E-state index contributed by atoms with van der Waals surface area (Å²) in [5.74, 6) is -1.14. The minimum absolute atomic E-state index is 0.217. The van der Waals surface area contributed by atoms with Gasteiger partial charge in [0, 0.05) is 10.7 Å². The second kappa shape index (κ2) is 9.43. The van der Waals surface area contributed by atoms with Crippen LogP contribution in [0.4, 0.5) is 10.5 Å². The number of carbonyl (C=O) groups excluding carboxylic acids is 3. The van der Waals surface area contributed by atoms with Gasteiger partial charge in [-0.05, 0) is 23.8 Å². The molecule has 0 aliphatic rings. The third-order valence-electron chi connectivity index (χ3n) is 3.39. The quantitative estimate of drug-likeness (QED) is 0.646. The largest absolute Gasteiger partial charge is 0.455 e. The summed E-state index contributed by atoms with van der Waals surface area (Å²) in [5.41, 5.74) is 6.28. The molecular weight excluding hydrogens is 358 g/mol. The zero-order chi connectivity index (χ0) is 18.9. The zero-order valence-corrected chi connectivity index (χ0v) is 14.5. The van der Waals surface area contributed by atoms with Gasteiger partial charge in [-0.3, -0.25) is 9.59 Å². The Hall–Kier alpha value is -3.06. The van der Waals surface area contributed by atoms with Gasteiger partial charge in [0.2, 0.25) is 0 Å². The van der Waals surface area contributed by atoms with Gasteiger partial charge in [0.05, 0.1) is 12.5 Å². The van der Waals surface area contributed by atoms with E-state index in [9.17, 15) is 14.4 Å². The van der Waals surface area contributed by atoms with Crippen molar-refractivity contribution in [2.24, 2.45) is 5.73 Å². The number of primary amides is 1. The first-order chi connectivity index (χ1) is 12.5. The van der Waals surface area contributed by atoms with Gasteiger partial charge in [-0.15, -0.1) is 0 Å². The Morgan fingerprint density at radius 3 is 2.35 bits per heavy atom. The van der Waals surface area contributed by atoms with Crippen LogP contribution in [0, 0.1) is 0 Å². The fourth-order valence-electron chi connectivity index (χ4n) is 2.26. The van der Waals surface area contributed by atoms with Gasteiger partial charge in [-0.25, -0.2) is 4.79 Å². The molecule has 0 unspecified atom stereocenters. The van der Waals surface area contributed by atoms with Gasteiger partial charge >= 0.3 is 12.0 Å². The predicted octanol–water partition coefficient (Wildman–Crippen LogP) is 2.62. The first kappa shape index (κ1) is 19.3. The molecule has 2 aromatic rings. The van der Waals surface area contributed by atoms with E-state index >= 15 is 0 Å². The molecule has 0 saturated heterocycles. The highest BCUT2D eigenvalue weighted by molar-refractivity contribution is 6.31. The summed E-state index contributed by atoms with van der Waals surface area (Å²) in [6, 6.07) is 14.0. The van der Waals surface area contributed by atoms with Crippen LogP contribution in [0.1, 0.15) is 18.0 Å². The van der Waals surface area contributed by atoms with Crippen molar-refractivity contribution in [3.05, 3.63) is 65.2 Å². The van der Waals surface area contributed by atoms with E-state index in [1.165, 1.54) is 0 Å². The summed E-state index contributed by atoms with van der Waals surface area (Å²) in [5, 5.41) is 5.42. The first-order valence-corrected chi connectivity index (χ1v) is 8.14. The highest BCUT2D eigenvalue weighted by Crippen LogP contribution is 2.25. The minimum Gasteiger partial charge on any atom is -0.455 e. The molecule has 26 heavy (non-hydrogen) atoms. The molecule has 0 saturated carbocycles. The van der Waals surface area contributed by atoms with E-state index < -0.39 is 30.6 Å². The van der Waals surface area contributed by atoms with Crippen LogP contribution in [0.5, 0.6) is 0 Å². The third-order valence-corrected chi connectivity index (χ3v) is 3.73. The number of rotatable bonds is 7. The molecule has 136 valence electrons. The van der Waals surface area contributed by atoms with Gasteiger partial charge in [0.15, 0.2) is 6.61 Å². The zero-order valence-electron chi connectivity index (χ0n) is 13.8. The van der Waals surface area contributed by atoms with Crippen LogP contribution in [0.2, 0.25) is 5.02 Å². The molecule has 7 nitrogen and oxygen atoms in total. The number of hydrogen-bond donors (Lipinski definition) is 3. The minimum atomic E-state index is -0.801. The van der Waals surface area contributed by atoms with E-state index in [0.717, 1.165) is 0 Å². The van der Waals surface area contributed by atoms with Crippen molar-refractivity contribution < 1.29 is 19.1 Å². The number of amides is 3. The Balaban J connectivity index is 1.91. The van der Waals surface area contributed by atoms with Crippen molar-refractivity contribution in [1.82, 2.24) is 5.32 Å². The Morgan fingerprint density at radius 2 is 1.69 bits per heavy atom. The Bertz CT molecular complexity index is 783. The number of hydrogen-bond acceptors (Lipinski definition) is 4. The van der Waals surface area contributed by atoms with Gasteiger partial charge in [0.25, 0.3) is 5.91 Å². The topological polar surface area (TPSA) is 111 Å². The van der Waals surface area contributed by atoms with Crippen molar-refractivity contribution in [1.29, 1.82) is 0 Å². The molecule has 0 spiro atoms. The fourth-order valence-corrected chi connectivity index (χ4v) is 2.53. The van der Waals surface area contributed by atoms with Crippen LogP contribution >= 0.6 is 11.6 Å². The van der Waals surface area contributed by atoms with Gasteiger partial charge in [0.1, 0.15) is 0 Å². The van der Waals surface area contributed by atoms with Gasteiger partial charge < -0.3 is 21.1 Å². The molecule has 0 aliphatic heterocycles. The molecule has 0 radical (unpaired) electrons. The smallest absolute Gasteiger partial charge is 0.312 e. The Kier molecular flexibility index (Phi) is 6.99. The van der Waals surface area contributed by atoms with Crippen molar-refractivity contribution in [3.8, 4) is 0 Å². The second-order valence-electron chi connectivity index (χ2n) is 5.36. The Labute approximate surface area is 155 Å². The van der Waals surface area contributed by atoms with E-state index in [2.05, 4.69) is 10.6 Å². The Morgan fingerprint density at radius 1 is 1.04 bits per heavy atom. The maximum absolute atomic E-state index is 12.0. The number of urea groups is 1. The number of anilines is 1. The van der Waals surface area contributed by atoms with Crippen LogP contribution in [-0.4, -0.2) is 24.5 Å². The number of para-hydroxylation sites is 1. The average Bonchev–Trinajstić information content (AvgIpc) is 2.60. The summed E-state index contributed by atoms with van der Waals surface area (Å²) in [6.07, 6.45) is -0.217. The molecule has 0 aromatic heterocycles. The summed E-state index contributed by atoms with van der Waals surface area (Å²) in [7, 11) is 0. The lowest BCUT2D eigenvalue weighted by atomic mass is 10.0. The summed E-state index contributed by atoms with van der Waals surface area (Å²) >= 11 is 6.10. The second-order valence-corrected chi connectivity index (χ2v) is 5.77. The van der Waals surface area contributed by atoms with E-state index in [1.807, 2.05) is 6.07 Å². The van der Waals surface area contributed by atoms with Crippen LogP contribution in [-0.2, 0) is 14.3 Å². The van der Waals surface area contributed by atoms with Crippen molar-refractivity contribution in [2.45, 2.75) is 12.5 Å². The van der Waals surface area contributed by atoms with E-state index in [4.69, 9.17) is 22.1 Å². The van der Waals surface area contributed by atoms with Crippen molar-refractivity contribution in [2.75, 3.05) is 11.9 Å². The number of ether oxygens (including phenoxy) is 1. The highest BCUT2D eigenvalue weighted by Gasteiger charge is 2.21. The molecule has 8 heteroatoms. The molecule has 0 aliphatic carbocycles. The molecular formula is C18H18ClN3O4. The average molecular weight is 376 g/mol. The number of nitrogens with one attached hydrogen (secondary N) is 2. The lowest BCUT2D eigenvalue weighted by Gasteiger charge is -2.18. The summed E-state index contributed by atoms with van der Waals surface area (Å²) < 4.78 is 4.96. The molecule has 0 bridgehead atoms. The highest BCUT2D eigenvalue weighted by atomic mass is 35.5. The molecule has 1 atom stereocenters. The van der Waals surface area contributed by atoms with E-state index in [1.54, 1.807) is 48.5 Å². The number of halogens is 1.